The van der Waals surface area contributed by atoms with Crippen LogP contribution in [0.5, 0.6) is 0 Å². The number of sulfone groups is 1. The summed E-state index contributed by atoms with van der Waals surface area (Å²) < 4.78 is 69.0. The van der Waals surface area contributed by atoms with Gasteiger partial charge in [-0.1, -0.05) is 37.0 Å². The van der Waals surface area contributed by atoms with Crippen molar-refractivity contribution < 1.29 is 21.6 Å². The van der Waals surface area contributed by atoms with E-state index in [4.69, 9.17) is 23.2 Å². The monoisotopic (exact) mass is 604 g/mol. The summed E-state index contributed by atoms with van der Waals surface area (Å²) >= 11 is 12.6. The van der Waals surface area contributed by atoms with Crippen molar-refractivity contribution in [3.63, 3.8) is 0 Å². The number of nitrogens with zero attached hydrogens (tertiary/aromatic N) is 3. The first-order valence-electron chi connectivity index (χ1n) is 12.6. The van der Waals surface area contributed by atoms with Crippen molar-refractivity contribution in [2.45, 2.75) is 56.9 Å². The Kier molecular flexibility index (Phi) is 8.97. The normalized spacial score (nSPS) is 17.2. The standard InChI is InChI=1S/C26H29Cl2F3N4O3S/c1-3-32-18-6-5-9-34(13-18)14-20-21(26(29,30)31)11-19-24(23(20)28)33-15-35(25(19)36)12-16-10-17(27)7-8-22(16)39(37,38)4-2/h7-8,10-11,15,18,32H,3-6,9,12-14H2,1-2H3. The fraction of sp³-hybridized carbons (Fsp3) is 0.462. The van der Waals surface area contributed by atoms with Crippen LogP contribution in [0.2, 0.25) is 10.0 Å². The number of aromatic nitrogens is 2. The Morgan fingerprint density at radius 1 is 1.15 bits per heavy atom. The Balaban J connectivity index is 1.79. The zero-order valence-electron chi connectivity index (χ0n) is 21.5. The molecule has 0 aliphatic carbocycles. The first-order chi connectivity index (χ1) is 18.4. The van der Waals surface area contributed by atoms with Crippen molar-refractivity contribution in [2.75, 3.05) is 25.4 Å². The number of hydrogen-bond acceptors (Lipinski definition) is 6. The second-order valence-electron chi connectivity index (χ2n) is 9.58. The van der Waals surface area contributed by atoms with Gasteiger partial charge >= 0.3 is 6.18 Å². The highest BCUT2D eigenvalue weighted by molar-refractivity contribution is 7.91. The van der Waals surface area contributed by atoms with Gasteiger partial charge in [0.05, 0.1) is 45.0 Å². The fourth-order valence-corrected chi connectivity index (χ4v) is 6.63. The highest BCUT2D eigenvalue weighted by Crippen LogP contribution is 2.39. The average molecular weight is 606 g/mol. The molecule has 1 N–H and O–H groups in total. The molecule has 2 aromatic carbocycles. The maximum Gasteiger partial charge on any atom is 0.416 e. The number of piperidine rings is 1. The maximum atomic E-state index is 14.3. The number of likely N-dealkylation sites (tertiary alicyclic amines) is 1. The zero-order chi connectivity index (χ0) is 28.5. The first kappa shape index (κ1) is 29.8. The van der Waals surface area contributed by atoms with Gasteiger partial charge in [0.2, 0.25) is 0 Å². The molecule has 1 atom stereocenters. The predicted molar refractivity (Wildman–Crippen MR) is 146 cm³/mol. The van der Waals surface area contributed by atoms with E-state index in [1.165, 1.54) is 31.5 Å². The van der Waals surface area contributed by atoms with Crippen LogP contribution >= 0.6 is 23.2 Å². The molecule has 0 amide bonds. The van der Waals surface area contributed by atoms with Crippen LogP contribution in [0.15, 0.2) is 40.3 Å². The lowest BCUT2D eigenvalue weighted by Gasteiger charge is -2.34. The highest BCUT2D eigenvalue weighted by Gasteiger charge is 2.37. The van der Waals surface area contributed by atoms with Crippen LogP contribution < -0.4 is 10.9 Å². The summed E-state index contributed by atoms with van der Waals surface area (Å²) in [6.45, 7) is 5.16. The molecule has 212 valence electrons. The summed E-state index contributed by atoms with van der Waals surface area (Å²) in [6.07, 6.45) is -1.81. The van der Waals surface area contributed by atoms with Gasteiger partial charge in [0.1, 0.15) is 0 Å². The maximum absolute atomic E-state index is 14.3. The molecular weight excluding hydrogens is 576 g/mol. The number of likely N-dealkylation sites (N-methyl/N-ethyl adjacent to an activating group) is 1. The smallest absolute Gasteiger partial charge is 0.313 e. The molecule has 13 heteroatoms. The minimum absolute atomic E-state index is 0.0110. The third kappa shape index (κ3) is 6.43. The Labute approximate surface area is 234 Å². The molecule has 2 heterocycles. The van der Waals surface area contributed by atoms with Crippen LogP contribution in [-0.2, 0) is 29.1 Å². The van der Waals surface area contributed by atoms with Crippen molar-refractivity contribution in [3.8, 4) is 0 Å². The van der Waals surface area contributed by atoms with E-state index in [1.807, 2.05) is 11.8 Å². The Hall–Kier alpha value is -2.18. The van der Waals surface area contributed by atoms with Crippen molar-refractivity contribution in [2.24, 2.45) is 0 Å². The summed E-state index contributed by atoms with van der Waals surface area (Å²) in [7, 11) is -3.65. The van der Waals surface area contributed by atoms with Gasteiger partial charge in [0.15, 0.2) is 9.84 Å². The van der Waals surface area contributed by atoms with Crippen molar-refractivity contribution in [3.05, 3.63) is 67.7 Å². The summed E-state index contributed by atoms with van der Waals surface area (Å²) in [5.74, 6) is -0.175. The van der Waals surface area contributed by atoms with Gasteiger partial charge in [-0.2, -0.15) is 13.2 Å². The van der Waals surface area contributed by atoms with Crippen LogP contribution in [0.4, 0.5) is 13.2 Å². The number of benzene rings is 2. The van der Waals surface area contributed by atoms with Crippen LogP contribution in [0, 0.1) is 0 Å². The molecule has 0 saturated carbocycles. The summed E-state index contributed by atoms with van der Waals surface area (Å²) in [6, 6.07) is 5.17. The van der Waals surface area contributed by atoms with Gasteiger partial charge in [-0.05, 0) is 61.3 Å². The Morgan fingerprint density at radius 3 is 2.56 bits per heavy atom. The third-order valence-electron chi connectivity index (χ3n) is 6.92. The zero-order valence-corrected chi connectivity index (χ0v) is 23.8. The van der Waals surface area contributed by atoms with Crippen LogP contribution in [0.3, 0.4) is 0 Å². The molecule has 1 aliphatic heterocycles. The van der Waals surface area contributed by atoms with Gasteiger partial charge in [-0.3, -0.25) is 14.3 Å². The molecule has 3 aromatic rings. The number of alkyl halides is 3. The molecule has 1 unspecified atom stereocenters. The Morgan fingerprint density at radius 2 is 1.90 bits per heavy atom. The molecule has 39 heavy (non-hydrogen) atoms. The lowest BCUT2D eigenvalue weighted by Crippen LogP contribution is -2.45. The molecule has 0 spiro atoms. The van der Waals surface area contributed by atoms with E-state index in [9.17, 15) is 26.4 Å². The lowest BCUT2D eigenvalue weighted by atomic mass is 10.0. The van der Waals surface area contributed by atoms with E-state index in [0.29, 0.717) is 13.1 Å². The van der Waals surface area contributed by atoms with Crippen molar-refractivity contribution >= 4 is 43.9 Å². The van der Waals surface area contributed by atoms with Crippen LogP contribution in [0.1, 0.15) is 43.4 Å². The number of rotatable bonds is 8. The molecule has 7 nitrogen and oxygen atoms in total. The van der Waals surface area contributed by atoms with E-state index in [-0.39, 0.29) is 61.9 Å². The van der Waals surface area contributed by atoms with E-state index in [0.717, 1.165) is 30.0 Å². The summed E-state index contributed by atoms with van der Waals surface area (Å²) in [4.78, 5) is 19.6. The number of fused-ring (bicyclic) bond motifs is 1. The molecule has 4 rings (SSSR count). The van der Waals surface area contributed by atoms with E-state index in [2.05, 4.69) is 10.3 Å². The average Bonchev–Trinajstić information content (AvgIpc) is 2.87. The number of hydrogen-bond donors (Lipinski definition) is 1. The number of nitrogens with one attached hydrogen (secondary N) is 1. The second-order valence-corrected chi connectivity index (χ2v) is 12.6. The van der Waals surface area contributed by atoms with Gasteiger partial charge in [0.25, 0.3) is 5.56 Å². The predicted octanol–water partition coefficient (Wildman–Crippen LogP) is 5.14. The molecule has 1 saturated heterocycles. The van der Waals surface area contributed by atoms with Crippen molar-refractivity contribution in [1.82, 2.24) is 19.8 Å². The summed E-state index contributed by atoms with van der Waals surface area (Å²) in [5, 5.41) is 3.08. The van der Waals surface area contributed by atoms with E-state index >= 15 is 0 Å². The molecular formula is C26H29Cl2F3N4O3S. The molecule has 1 aliphatic rings. The Bertz CT molecular complexity index is 1540. The SMILES string of the molecule is CCNC1CCCN(Cc2c(C(F)(F)F)cc3c(=O)n(Cc4cc(Cl)ccc4S(=O)(=O)CC)cnc3c2Cl)C1. The van der Waals surface area contributed by atoms with Crippen molar-refractivity contribution in [1.29, 1.82) is 0 Å². The minimum Gasteiger partial charge on any atom is -0.313 e. The van der Waals surface area contributed by atoms with Gasteiger partial charge in [-0.25, -0.2) is 13.4 Å². The topological polar surface area (TPSA) is 84.3 Å². The molecule has 1 fully saturated rings. The summed E-state index contributed by atoms with van der Waals surface area (Å²) in [5.41, 5.74) is -1.69. The van der Waals surface area contributed by atoms with Gasteiger partial charge in [-0.15, -0.1) is 0 Å². The molecule has 0 radical (unpaired) electrons. The minimum atomic E-state index is -4.76. The largest absolute Gasteiger partial charge is 0.416 e. The molecule has 1 aromatic heterocycles. The second kappa shape index (κ2) is 11.7. The van der Waals surface area contributed by atoms with Crippen LogP contribution in [-0.4, -0.2) is 54.3 Å². The highest BCUT2D eigenvalue weighted by atomic mass is 35.5. The van der Waals surface area contributed by atoms with Crippen LogP contribution in [0.25, 0.3) is 10.9 Å². The molecule has 0 bridgehead atoms. The number of halogens is 5. The first-order valence-corrected chi connectivity index (χ1v) is 15.0. The lowest BCUT2D eigenvalue weighted by molar-refractivity contribution is -0.138. The van der Waals surface area contributed by atoms with Gasteiger partial charge < -0.3 is 5.32 Å². The van der Waals surface area contributed by atoms with Gasteiger partial charge in [0, 0.05) is 24.2 Å². The quantitative estimate of drug-likeness (QED) is 0.383. The fourth-order valence-electron chi connectivity index (χ4n) is 5.02. The third-order valence-corrected chi connectivity index (χ3v) is 9.39. The van der Waals surface area contributed by atoms with E-state index < -0.39 is 27.1 Å². The van der Waals surface area contributed by atoms with E-state index in [1.54, 1.807) is 0 Å².